The smallest absolute Gasteiger partial charge is 0.257 e. The van der Waals surface area contributed by atoms with Crippen molar-refractivity contribution in [3.05, 3.63) is 51.4 Å². The molecule has 0 fully saturated rings. The number of hydrogen-bond acceptors (Lipinski definition) is 4. The van der Waals surface area contributed by atoms with Gasteiger partial charge in [0.05, 0.1) is 5.56 Å². The van der Waals surface area contributed by atoms with Gasteiger partial charge in [-0.3, -0.25) is 14.9 Å². The first-order valence-electron chi connectivity index (χ1n) is 8.84. The van der Waals surface area contributed by atoms with E-state index in [1.165, 1.54) is 11.3 Å². The van der Waals surface area contributed by atoms with Crippen molar-refractivity contribution in [2.24, 2.45) is 5.73 Å². The van der Waals surface area contributed by atoms with Crippen molar-refractivity contribution in [1.82, 2.24) is 5.32 Å². The zero-order chi connectivity index (χ0) is 19.8. The molecule has 5 nitrogen and oxygen atoms in total. The van der Waals surface area contributed by atoms with Gasteiger partial charge in [0.25, 0.3) is 11.8 Å². The number of primary amides is 1. The zero-order valence-electron chi connectivity index (χ0n) is 15.6. The van der Waals surface area contributed by atoms with E-state index in [9.17, 15) is 9.59 Å². The number of thiocarbonyl (C=S) groups is 1. The molecule has 4 N–H and O–H groups in total. The summed E-state index contributed by atoms with van der Waals surface area (Å²) in [7, 11) is 0. The minimum absolute atomic E-state index is 0.0244. The summed E-state index contributed by atoms with van der Waals surface area (Å²) in [6, 6.07) is 7.46. The molecule has 0 aliphatic heterocycles. The second-order valence-corrected chi connectivity index (χ2v) is 9.17. The quantitative estimate of drug-likeness (QED) is 0.684. The highest BCUT2D eigenvalue weighted by molar-refractivity contribution is 7.80. The van der Waals surface area contributed by atoms with E-state index in [2.05, 4.69) is 31.4 Å². The third-order valence-corrected chi connectivity index (χ3v) is 6.05. The van der Waals surface area contributed by atoms with E-state index in [0.29, 0.717) is 16.1 Å². The molecule has 1 aliphatic rings. The summed E-state index contributed by atoms with van der Waals surface area (Å²) < 4.78 is 0. The monoisotopic (exact) mass is 401 g/mol. The van der Waals surface area contributed by atoms with Crippen LogP contribution in [0.1, 0.15) is 63.9 Å². The summed E-state index contributed by atoms with van der Waals surface area (Å²) in [4.78, 5) is 25.4. The Morgan fingerprint density at radius 2 is 1.81 bits per heavy atom. The highest BCUT2D eigenvalue weighted by Gasteiger charge is 2.26. The fourth-order valence-corrected chi connectivity index (χ4v) is 4.74. The first-order valence-corrected chi connectivity index (χ1v) is 10.1. The van der Waals surface area contributed by atoms with Crippen molar-refractivity contribution in [2.75, 3.05) is 5.32 Å². The average Bonchev–Trinajstić information content (AvgIpc) is 3.14. The van der Waals surface area contributed by atoms with E-state index < -0.39 is 5.91 Å². The van der Waals surface area contributed by atoms with Gasteiger partial charge in [-0.05, 0) is 60.2 Å². The van der Waals surface area contributed by atoms with Crippen molar-refractivity contribution in [1.29, 1.82) is 0 Å². The Balaban J connectivity index is 1.70. The maximum Gasteiger partial charge on any atom is 0.257 e. The lowest BCUT2D eigenvalue weighted by atomic mass is 9.87. The summed E-state index contributed by atoms with van der Waals surface area (Å²) in [5.41, 5.74) is 8.76. The molecule has 7 heteroatoms. The van der Waals surface area contributed by atoms with Crippen LogP contribution in [0.15, 0.2) is 24.3 Å². The molecular formula is C20H23N3O2S2. The Labute approximate surface area is 168 Å². The van der Waals surface area contributed by atoms with Crippen LogP contribution < -0.4 is 16.4 Å². The lowest BCUT2D eigenvalue weighted by molar-refractivity contribution is 0.0975. The molecule has 1 heterocycles. The molecule has 1 aromatic heterocycles. The molecule has 0 spiro atoms. The number of hydrogen-bond donors (Lipinski definition) is 3. The summed E-state index contributed by atoms with van der Waals surface area (Å²) in [5.74, 6) is -0.763. The predicted molar refractivity (Wildman–Crippen MR) is 114 cm³/mol. The van der Waals surface area contributed by atoms with Crippen molar-refractivity contribution in [3.8, 4) is 0 Å². The Bertz CT molecular complexity index is 909. The first-order chi connectivity index (χ1) is 12.7. The van der Waals surface area contributed by atoms with Crippen LogP contribution >= 0.6 is 23.6 Å². The molecule has 1 aromatic carbocycles. The van der Waals surface area contributed by atoms with E-state index in [1.54, 1.807) is 12.1 Å². The fraction of sp³-hybridized carbons (Fsp3) is 0.350. The lowest BCUT2D eigenvalue weighted by Crippen LogP contribution is -2.34. The first kappa shape index (κ1) is 19.5. The van der Waals surface area contributed by atoms with Gasteiger partial charge in [0.2, 0.25) is 0 Å². The molecule has 0 saturated heterocycles. The number of nitrogens with two attached hydrogens (primary N) is 1. The van der Waals surface area contributed by atoms with Crippen molar-refractivity contribution >= 4 is 45.5 Å². The number of thiophene rings is 1. The minimum atomic E-state index is -0.469. The van der Waals surface area contributed by atoms with Crippen LogP contribution in [-0.4, -0.2) is 16.9 Å². The van der Waals surface area contributed by atoms with Crippen LogP contribution in [0.3, 0.4) is 0 Å². The van der Waals surface area contributed by atoms with Gasteiger partial charge in [-0.2, -0.15) is 0 Å². The largest absolute Gasteiger partial charge is 0.365 e. The molecule has 0 bridgehead atoms. The summed E-state index contributed by atoms with van der Waals surface area (Å²) >= 11 is 6.74. The second-order valence-electron chi connectivity index (χ2n) is 7.66. The van der Waals surface area contributed by atoms with Crippen LogP contribution in [0, 0.1) is 0 Å². The van der Waals surface area contributed by atoms with Crippen molar-refractivity contribution in [3.63, 3.8) is 0 Å². The minimum Gasteiger partial charge on any atom is -0.365 e. The summed E-state index contributed by atoms with van der Waals surface area (Å²) in [6.45, 7) is 6.36. The Hall–Kier alpha value is -2.25. The number of amides is 2. The number of benzene rings is 1. The summed E-state index contributed by atoms with van der Waals surface area (Å²) in [5, 5.41) is 6.41. The standard InChI is InChI=1S/C20H23N3O2S2/c1-20(2,3)12-9-7-11(8-10-12)17(25)22-19(26)23-18-15(16(21)24)13-5-4-6-14(13)27-18/h7-10H,4-6H2,1-3H3,(H2,21,24)(H2,22,23,25,26). The number of carbonyl (C=O) groups excluding carboxylic acids is 2. The molecule has 0 radical (unpaired) electrons. The van der Waals surface area contributed by atoms with Gasteiger partial charge in [0, 0.05) is 10.4 Å². The van der Waals surface area contributed by atoms with Gasteiger partial charge in [-0.1, -0.05) is 32.9 Å². The van der Waals surface area contributed by atoms with Crippen molar-refractivity contribution in [2.45, 2.75) is 45.4 Å². The highest BCUT2D eigenvalue weighted by atomic mass is 32.1. The van der Waals surface area contributed by atoms with Gasteiger partial charge in [-0.15, -0.1) is 11.3 Å². The average molecular weight is 402 g/mol. The number of fused-ring (bicyclic) bond motifs is 1. The van der Waals surface area contributed by atoms with Crippen LogP contribution in [0.2, 0.25) is 0 Å². The van der Waals surface area contributed by atoms with E-state index in [0.717, 1.165) is 35.3 Å². The second kappa shape index (κ2) is 7.40. The number of carbonyl (C=O) groups is 2. The number of rotatable bonds is 3. The van der Waals surface area contributed by atoms with Gasteiger partial charge in [-0.25, -0.2) is 0 Å². The molecule has 142 valence electrons. The maximum atomic E-state index is 12.4. The van der Waals surface area contributed by atoms with Gasteiger partial charge >= 0.3 is 0 Å². The van der Waals surface area contributed by atoms with E-state index in [4.69, 9.17) is 18.0 Å². The molecule has 1 aliphatic carbocycles. The van der Waals surface area contributed by atoms with Crippen molar-refractivity contribution < 1.29 is 9.59 Å². The van der Waals surface area contributed by atoms with E-state index >= 15 is 0 Å². The third-order valence-electron chi connectivity index (χ3n) is 4.63. The van der Waals surface area contributed by atoms with Crippen LogP contribution in [0.25, 0.3) is 0 Å². The summed E-state index contributed by atoms with van der Waals surface area (Å²) in [6.07, 6.45) is 2.83. The predicted octanol–water partition coefficient (Wildman–Crippen LogP) is 3.76. The Kier molecular flexibility index (Phi) is 5.35. The topological polar surface area (TPSA) is 84.2 Å². The third kappa shape index (κ3) is 4.20. The molecule has 2 amide bonds. The number of nitrogens with one attached hydrogen (secondary N) is 2. The van der Waals surface area contributed by atoms with Gasteiger partial charge in [0.1, 0.15) is 5.00 Å². The van der Waals surface area contributed by atoms with Gasteiger partial charge in [0.15, 0.2) is 5.11 Å². The normalized spacial score (nSPS) is 13.1. The SMILES string of the molecule is CC(C)(C)c1ccc(C(=O)NC(=S)Nc2sc3c(c2C(N)=O)CCC3)cc1. The van der Waals surface area contributed by atoms with Gasteiger partial charge < -0.3 is 11.1 Å². The Morgan fingerprint density at radius 1 is 1.15 bits per heavy atom. The highest BCUT2D eigenvalue weighted by Crippen LogP contribution is 2.38. The Morgan fingerprint density at radius 3 is 2.41 bits per heavy atom. The fourth-order valence-electron chi connectivity index (χ4n) is 3.18. The molecule has 2 aromatic rings. The molecule has 3 rings (SSSR count). The number of aryl methyl sites for hydroxylation is 1. The zero-order valence-corrected chi connectivity index (χ0v) is 17.3. The lowest BCUT2D eigenvalue weighted by Gasteiger charge is -2.19. The van der Waals surface area contributed by atoms with Crippen LogP contribution in [0.4, 0.5) is 5.00 Å². The van der Waals surface area contributed by atoms with E-state index in [1.807, 2.05) is 12.1 Å². The molecule has 0 atom stereocenters. The van der Waals surface area contributed by atoms with Crippen LogP contribution in [-0.2, 0) is 18.3 Å². The van der Waals surface area contributed by atoms with Crippen LogP contribution in [0.5, 0.6) is 0 Å². The molecular weight excluding hydrogens is 378 g/mol. The number of anilines is 1. The maximum absolute atomic E-state index is 12.4. The van der Waals surface area contributed by atoms with E-state index in [-0.39, 0.29) is 16.4 Å². The molecule has 0 unspecified atom stereocenters. The molecule has 0 saturated carbocycles. The molecule has 27 heavy (non-hydrogen) atoms.